The Labute approximate surface area is 107 Å². The van der Waals surface area contributed by atoms with Gasteiger partial charge in [-0.15, -0.1) is 0 Å². The van der Waals surface area contributed by atoms with Crippen molar-refractivity contribution in [3.8, 4) is 0 Å². The monoisotopic (exact) mass is 239 g/mol. The third-order valence-corrected chi connectivity index (χ3v) is 4.27. The van der Waals surface area contributed by atoms with E-state index in [9.17, 15) is 0 Å². The molecule has 2 rings (SSSR count). The molecule has 2 nitrogen and oxygen atoms in total. The Hall–Kier alpha value is -0.0800. The van der Waals surface area contributed by atoms with Crippen LogP contribution < -0.4 is 5.32 Å². The lowest BCUT2D eigenvalue weighted by molar-refractivity contribution is 0.0828. The summed E-state index contributed by atoms with van der Waals surface area (Å²) in [6, 6.07) is 0.703. The summed E-state index contributed by atoms with van der Waals surface area (Å²) in [5, 5.41) is 3.79. The predicted octanol–water partition coefficient (Wildman–Crippen LogP) is 3.22. The van der Waals surface area contributed by atoms with Crippen LogP contribution in [0.5, 0.6) is 0 Å². The molecule has 0 spiro atoms. The summed E-state index contributed by atoms with van der Waals surface area (Å²) in [6.07, 6.45) is 5.24. The average Bonchev–Trinajstić information content (AvgIpc) is 2.61. The van der Waals surface area contributed by atoms with Gasteiger partial charge in [0, 0.05) is 19.2 Å². The first-order valence-corrected chi connectivity index (χ1v) is 7.18. The highest BCUT2D eigenvalue weighted by Crippen LogP contribution is 2.45. The Balaban J connectivity index is 1.83. The van der Waals surface area contributed by atoms with Crippen molar-refractivity contribution in [2.24, 2.45) is 16.7 Å². The van der Waals surface area contributed by atoms with Crippen LogP contribution >= 0.6 is 0 Å². The van der Waals surface area contributed by atoms with E-state index in [4.69, 9.17) is 4.74 Å². The molecule has 1 saturated carbocycles. The molecule has 2 heteroatoms. The van der Waals surface area contributed by atoms with Gasteiger partial charge in [-0.05, 0) is 42.4 Å². The second-order valence-corrected chi connectivity index (χ2v) is 7.75. The van der Waals surface area contributed by atoms with Crippen LogP contribution in [-0.4, -0.2) is 25.8 Å². The van der Waals surface area contributed by atoms with Crippen molar-refractivity contribution >= 4 is 0 Å². The van der Waals surface area contributed by atoms with Crippen LogP contribution in [0, 0.1) is 16.7 Å². The van der Waals surface area contributed by atoms with Crippen molar-refractivity contribution in [2.45, 2.75) is 59.4 Å². The van der Waals surface area contributed by atoms with Gasteiger partial charge in [0.2, 0.25) is 0 Å². The standard InChI is InChI=1S/C15H29NO/c1-14(2)7-13(8-15(3,4)11-14)16-9-12-5-6-17-10-12/h12-13,16H,5-11H2,1-4H3. The van der Waals surface area contributed by atoms with E-state index in [1.54, 1.807) is 0 Å². The fourth-order valence-corrected chi connectivity index (χ4v) is 4.07. The summed E-state index contributed by atoms with van der Waals surface area (Å²) in [5.41, 5.74) is 0.983. The molecule has 1 heterocycles. The summed E-state index contributed by atoms with van der Waals surface area (Å²) in [7, 11) is 0. The van der Waals surface area contributed by atoms with E-state index in [1.165, 1.54) is 25.7 Å². The van der Waals surface area contributed by atoms with E-state index in [2.05, 4.69) is 33.0 Å². The zero-order valence-corrected chi connectivity index (χ0v) is 12.0. The van der Waals surface area contributed by atoms with Crippen molar-refractivity contribution in [3.63, 3.8) is 0 Å². The van der Waals surface area contributed by atoms with Crippen molar-refractivity contribution in [3.05, 3.63) is 0 Å². The lowest BCUT2D eigenvalue weighted by Crippen LogP contribution is -2.45. The number of rotatable bonds is 3. The molecule has 0 aromatic heterocycles. The zero-order valence-electron chi connectivity index (χ0n) is 12.0. The molecule has 1 atom stereocenters. The maximum atomic E-state index is 5.44. The summed E-state index contributed by atoms with van der Waals surface area (Å²) >= 11 is 0. The van der Waals surface area contributed by atoms with E-state index in [1.807, 2.05) is 0 Å². The molecule has 2 fully saturated rings. The molecule has 2 aliphatic rings. The van der Waals surface area contributed by atoms with Gasteiger partial charge >= 0.3 is 0 Å². The minimum absolute atomic E-state index is 0.492. The highest BCUT2D eigenvalue weighted by Gasteiger charge is 2.38. The number of ether oxygens (including phenoxy) is 1. The lowest BCUT2D eigenvalue weighted by Gasteiger charge is -2.45. The topological polar surface area (TPSA) is 21.3 Å². The Bertz CT molecular complexity index is 238. The van der Waals surface area contributed by atoms with Gasteiger partial charge in [0.25, 0.3) is 0 Å². The van der Waals surface area contributed by atoms with Crippen LogP contribution in [0.25, 0.3) is 0 Å². The van der Waals surface area contributed by atoms with Crippen LogP contribution in [0.3, 0.4) is 0 Å². The average molecular weight is 239 g/mol. The third-order valence-electron chi connectivity index (χ3n) is 4.27. The maximum Gasteiger partial charge on any atom is 0.0507 e. The first kappa shape index (κ1) is 13.4. The van der Waals surface area contributed by atoms with E-state index < -0.39 is 0 Å². The Morgan fingerprint density at radius 1 is 1.12 bits per heavy atom. The number of hydrogen-bond donors (Lipinski definition) is 1. The Morgan fingerprint density at radius 2 is 1.76 bits per heavy atom. The fourth-order valence-electron chi connectivity index (χ4n) is 4.07. The number of nitrogens with one attached hydrogen (secondary N) is 1. The first-order chi connectivity index (χ1) is 7.86. The van der Waals surface area contributed by atoms with Gasteiger partial charge in [-0.25, -0.2) is 0 Å². The van der Waals surface area contributed by atoms with Crippen LogP contribution in [0.1, 0.15) is 53.4 Å². The first-order valence-electron chi connectivity index (χ1n) is 7.18. The third kappa shape index (κ3) is 3.96. The molecular weight excluding hydrogens is 210 g/mol. The van der Waals surface area contributed by atoms with Crippen LogP contribution in [0.15, 0.2) is 0 Å². The van der Waals surface area contributed by atoms with Crippen molar-refractivity contribution < 1.29 is 4.74 Å². The smallest absolute Gasteiger partial charge is 0.0507 e. The van der Waals surface area contributed by atoms with E-state index in [0.717, 1.165) is 25.7 Å². The predicted molar refractivity (Wildman–Crippen MR) is 72.1 cm³/mol. The summed E-state index contributed by atoms with van der Waals surface area (Å²) < 4.78 is 5.44. The van der Waals surface area contributed by atoms with Gasteiger partial charge in [-0.1, -0.05) is 27.7 Å². The molecule has 1 aliphatic heterocycles. The molecular formula is C15H29NO. The van der Waals surface area contributed by atoms with Crippen LogP contribution in [-0.2, 0) is 4.74 Å². The van der Waals surface area contributed by atoms with Gasteiger partial charge in [-0.2, -0.15) is 0 Å². The molecule has 0 amide bonds. The van der Waals surface area contributed by atoms with Gasteiger partial charge in [0.1, 0.15) is 0 Å². The van der Waals surface area contributed by atoms with E-state index in [0.29, 0.717) is 16.9 Å². The zero-order chi connectivity index (χ0) is 12.5. The minimum atomic E-state index is 0.492. The highest BCUT2D eigenvalue weighted by molar-refractivity contribution is 4.92. The van der Waals surface area contributed by atoms with Crippen molar-refractivity contribution in [1.82, 2.24) is 5.32 Å². The van der Waals surface area contributed by atoms with Crippen molar-refractivity contribution in [2.75, 3.05) is 19.8 Å². The fraction of sp³-hybridized carbons (Fsp3) is 1.00. The summed E-state index contributed by atoms with van der Waals surface area (Å²) in [5.74, 6) is 0.753. The Morgan fingerprint density at radius 3 is 2.29 bits per heavy atom. The molecule has 1 N–H and O–H groups in total. The molecule has 0 radical (unpaired) electrons. The van der Waals surface area contributed by atoms with Gasteiger partial charge in [0.05, 0.1) is 6.61 Å². The molecule has 1 unspecified atom stereocenters. The van der Waals surface area contributed by atoms with Gasteiger partial charge < -0.3 is 10.1 Å². The summed E-state index contributed by atoms with van der Waals surface area (Å²) in [6.45, 7) is 12.8. The largest absolute Gasteiger partial charge is 0.381 e. The SMILES string of the molecule is CC1(C)CC(NCC2CCOC2)CC(C)(C)C1. The summed E-state index contributed by atoms with van der Waals surface area (Å²) in [4.78, 5) is 0. The van der Waals surface area contributed by atoms with E-state index >= 15 is 0 Å². The molecule has 1 saturated heterocycles. The molecule has 17 heavy (non-hydrogen) atoms. The maximum absolute atomic E-state index is 5.44. The molecule has 0 aromatic rings. The quantitative estimate of drug-likeness (QED) is 0.816. The molecule has 1 aliphatic carbocycles. The van der Waals surface area contributed by atoms with Crippen LogP contribution in [0.2, 0.25) is 0 Å². The van der Waals surface area contributed by atoms with Crippen molar-refractivity contribution in [1.29, 1.82) is 0 Å². The van der Waals surface area contributed by atoms with E-state index in [-0.39, 0.29) is 0 Å². The highest BCUT2D eigenvalue weighted by atomic mass is 16.5. The van der Waals surface area contributed by atoms with Gasteiger partial charge in [-0.3, -0.25) is 0 Å². The van der Waals surface area contributed by atoms with Crippen LogP contribution in [0.4, 0.5) is 0 Å². The lowest BCUT2D eigenvalue weighted by atomic mass is 9.63. The minimum Gasteiger partial charge on any atom is -0.381 e. The van der Waals surface area contributed by atoms with Gasteiger partial charge in [0.15, 0.2) is 0 Å². The number of hydrogen-bond acceptors (Lipinski definition) is 2. The molecule has 100 valence electrons. The Kier molecular flexibility index (Phi) is 3.84. The normalized spacial score (nSPS) is 32.8. The molecule has 0 aromatic carbocycles. The molecule has 0 bridgehead atoms. The second kappa shape index (κ2) is 4.89. The second-order valence-electron chi connectivity index (χ2n) is 7.75.